The number of amides is 1. The van der Waals surface area contributed by atoms with Gasteiger partial charge in [0.2, 0.25) is 15.9 Å². The lowest BCUT2D eigenvalue weighted by Crippen LogP contribution is -2.33. The van der Waals surface area contributed by atoms with E-state index in [2.05, 4.69) is 0 Å². The number of aryl methyl sites for hydroxylation is 1. The monoisotopic (exact) mass is 289 g/mol. The molecule has 106 valence electrons. The summed E-state index contributed by atoms with van der Waals surface area (Å²) >= 11 is 0. The van der Waals surface area contributed by atoms with Crippen LogP contribution in [0.15, 0.2) is 17.2 Å². The first-order chi connectivity index (χ1) is 8.77. The maximum absolute atomic E-state index is 11.8. The first kappa shape index (κ1) is 15.2. The summed E-state index contributed by atoms with van der Waals surface area (Å²) in [5.41, 5.74) is 4.72. The van der Waals surface area contributed by atoms with Gasteiger partial charge in [0.05, 0.1) is 6.54 Å². The van der Waals surface area contributed by atoms with Crippen molar-refractivity contribution >= 4 is 21.9 Å². The smallest absolute Gasteiger partial charge is 0.352 e. The third-order valence-corrected chi connectivity index (χ3v) is 3.67. The van der Waals surface area contributed by atoms with Crippen LogP contribution in [-0.2, 0) is 21.4 Å². The molecule has 0 unspecified atom stereocenters. The van der Waals surface area contributed by atoms with Gasteiger partial charge in [-0.15, -0.1) is 0 Å². The van der Waals surface area contributed by atoms with E-state index in [9.17, 15) is 18.0 Å². The van der Waals surface area contributed by atoms with Crippen LogP contribution in [0.1, 0.15) is 23.8 Å². The first-order valence-corrected chi connectivity index (χ1v) is 6.97. The van der Waals surface area contributed by atoms with Gasteiger partial charge in [0, 0.05) is 12.7 Å². The van der Waals surface area contributed by atoms with E-state index in [0.29, 0.717) is 13.0 Å². The normalized spacial score (nSPS) is 11.4. The Morgan fingerprint density at radius 1 is 1.47 bits per heavy atom. The summed E-state index contributed by atoms with van der Waals surface area (Å²) in [6.45, 7) is 1.68. The van der Waals surface area contributed by atoms with Crippen molar-refractivity contribution in [2.75, 3.05) is 6.54 Å². The fraction of sp³-hybridized carbons (Fsp3) is 0.400. The van der Waals surface area contributed by atoms with Gasteiger partial charge in [-0.25, -0.2) is 17.9 Å². The summed E-state index contributed by atoms with van der Waals surface area (Å²) < 4.78 is 26.9. The molecule has 0 saturated carbocycles. The van der Waals surface area contributed by atoms with Crippen molar-refractivity contribution < 1.29 is 23.1 Å². The number of nitrogens with zero attached hydrogens (tertiary/aromatic N) is 1. The summed E-state index contributed by atoms with van der Waals surface area (Å²) in [6, 6.07) is 1.04. The molecule has 9 heteroatoms. The Bertz CT molecular complexity index is 590. The summed E-state index contributed by atoms with van der Waals surface area (Å²) in [6.07, 6.45) is 1.87. The second-order valence-electron chi connectivity index (χ2n) is 3.85. The topological polar surface area (TPSA) is 131 Å². The Morgan fingerprint density at radius 3 is 2.58 bits per heavy atom. The second-order valence-corrected chi connectivity index (χ2v) is 5.62. The van der Waals surface area contributed by atoms with E-state index >= 15 is 0 Å². The van der Waals surface area contributed by atoms with Crippen LogP contribution in [0, 0.1) is 0 Å². The average Bonchev–Trinajstić information content (AvgIpc) is 2.72. The van der Waals surface area contributed by atoms with Crippen LogP contribution in [0.2, 0.25) is 0 Å². The molecule has 19 heavy (non-hydrogen) atoms. The van der Waals surface area contributed by atoms with Crippen LogP contribution in [-0.4, -0.2) is 36.5 Å². The van der Waals surface area contributed by atoms with Gasteiger partial charge in [0.15, 0.2) is 0 Å². The van der Waals surface area contributed by atoms with E-state index in [1.54, 1.807) is 0 Å². The number of carboxylic acids is 1. The highest BCUT2D eigenvalue weighted by atomic mass is 32.2. The number of hydrogen-bond acceptors (Lipinski definition) is 4. The van der Waals surface area contributed by atoms with E-state index in [-0.39, 0.29) is 10.6 Å². The molecule has 0 spiro atoms. The minimum absolute atomic E-state index is 0.124. The lowest BCUT2D eigenvalue weighted by atomic mass is 10.4. The zero-order valence-electron chi connectivity index (χ0n) is 10.3. The maximum atomic E-state index is 11.8. The fourth-order valence-corrected chi connectivity index (χ4v) is 2.52. The molecule has 0 atom stereocenters. The molecule has 1 amide bonds. The lowest BCUT2D eigenvalue weighted by molar-refractivity contribution is -0.116. The summed E-state index contributed by atoms with van der Waals surface area (Å²) in [5, 5.41) is 8.98. The number of hydrogen-bond donors (Lipinski definition) is 3. The van der Waals surface area contributed by atoms with Crippen molar-refractivity contribution in [1.82, 2.24) is 9.29 Å². The number of rotatable bonds is 7. The average molecular weight is 289 g/mol. The quantitative estimate of drug-likeness (QED) is 0.614. The van der Waals surface area contributed by atoms with Gasteiger partial charge in [-0.05, 0) is 12.5 Å². The van der Waals surface area contributed by atoms with E-state index in [4.69, 9.17) is 10.8 Å². The van der Waals surface area contributed by atoms with E-state index in [1.165, 1.54) is 10.8 Å². The van der Waals surface area contributed by atoms with Crippen LogP contribution >= 0.6 is 0 Å². The fourth-order valence-electron chi connectivity index (χ4n) is 1.48. The predicted octanol–water partition coefficient (Wildman–Crippen LogP) is -0.640. The Balaban J connectivity index is 3.10. The van der Waals surface area contributed by atoms with Crippen LogP contribution < -0.4 is 10.5 Å². The molecule has 0 radical (unpaired) electrons. The zero-order valence-corrected chi connectivity index (χ0v) is 11.1. The van der Waals surface area contributed by atoms with Gasteiger partial charge in [-0.2, -0.15) is 0 Å². The number of carbonyl (C=O) groups is 2. The zero-order chi connectivity index (χ0) is 14.6. The molecule has 0 bridgehead atoms. The maximum Gasteiger partial charge on any atom is 0.352 e. The molecular formula is C10H15N3O5S. The molecule has 4 N–H and O–H groups in total. The Hall–Kier alpha value is -1.87. The first-order valence-electron chi connectivity index (χ1n) is 5.49. The van der Waals surface area contributed by atoms with Crippen molar-refractivity contribution in [1.29, 1.82) is 0 Å². The van der Waals surface area contributed by atoms with E-state index in [0.717, 1.165) is 6.07 Å². The van der Waals surface area contributed by atoms with Gasteiger partial charge in [-0.1, -0.05) is 6.92 Å². The van der Waals surface area contributed by atoms with E-state index in [1.807, 2.05) is 11.6 Å². The molecule has 0 aromatic carbocycles. The van der Waals surface area contributed by atoms with Crippen molar-refractivity contribution in [3.8, 4) is 0 Å². The number of aromatic nitrogens is 1. The number of primary amides is 1. The summed E-state index contributed by atoms with van der Waals surface area (Å²) in [4.78, 5) is 21.3. The van der Waals surface area contributed by atoms with Crippen LogP contribution in [0.25, 0.3) is 0 Å². The number of aromatic carboxylic acids is 1. The standard InChI is InChI=1S/C10H15N3O5S/c1-2-3-13-6-7(4-8(13)10(15)16)19(17,18)12-5-9(11)14/h4,6,12H,2-3,5H2,1H3,(H2,11,14)(H,15,16). The molecular weight excluding hydrogens is 274 g/mol. The molecule has 0 aliphatic heterocycles. The molecule has 0 aliphatic rings. The Morgan fingerprint density at radius 2 is 2.11 bits per heavy atom. The highest BCUT2D eigenvalue weighted by Crippen LogP contribution is 2.15. The summed E-state index contributed by atoms with van der Waals surface area (Å²) in [7, 11) is -3.94. The minimum atomic E-state index is -3.94. The lowest BCUT2D eigenvalue weighted by Gasteiger charge is -2.03. The third kappa shape index (κ3) is 3.80. The third-order valence-electron chi connectivity index (χ3n) is 2.30. The second kappa shape index (κ2) is 5.85. The molecule has 1 aromatic rings. The van der Waals surface area contributed by atoms with Crippen molar-refractivity contribution in [3.05, 3.63) is 18.0 Å². The number of carboxylic acid groups (broad SMARTS) is 1. The van der Waals surface area contributed by atoms with Crippen LogP contribution in [0.5, 0.6) is 0 Å². The minimum Gasteiger partial charge on any atom is -0.477 e. The van der Waals surface area contributed by atoms with Crippen molar-refractivity contribution in [3.63, 3.8) is 0 Å². The molecule has 8 nitrogen and oxygen atoms in total. The summed E-state index contributed by atoms with van der Waals surface area (Å²) in [5.74, 6) is -2.04. The van der Waals surface area contributed by atoms with Crippen molar-refractivity contribution in [2.45, 2.75) is 24.8 Å². The number of nitrogens with one attached hydrogen (secondary N) is 1. The van der Waals surface area contributed by atoms with E-state index < -0.39 is 28.4 Å². The van der Waals surface area contributed by atoms with Gasteiger partial charge in [-0.3, -0.25) is 4.79 Å². The van der Waals surface area contributed by atoms with Crippen LogP contribution in [0.3, 0.4) is 0 Å². The SMILES string of the molecule is CCCn1cc(S(=O)(=O)NCC(N)=O)cc1C(=O)O. The van der Waals surface area contributed by atoms with Crippen molar-refractivity contribution in [2.24, 2.45) is 5.73 Å². The highest BCUT2D eigenvalue weighted by Gasteiger charge is 2.21. The largest absolute Gasteiger partial charge is 0.477 e. The van der Waals surface area contributed by atoms with Gasteiger partial charge >= 0.3 is 5.97 Å². The van der Waals surface area contributed by atoms with Gasteiger partial charge in [0.1, 0.15) is 10.6 Å². The molecule has 0 saturated heterocycles. The van der Waals surface area contributed by atoms with Gasteiger partial charge in [0.25, 0.3) is 0 Å². The van der Waals surface area contributed by atoms with Gasteiger partial charge < -0.3 is 15.4 Å². The molecule has 0 aliphatic carbocycles. The molecule has 1 rings (SSSR count). The Labute approximate surface area is 110 Å². The molecule has 1 aromatic heterocycles. The molecule has 1 heterocycles. The Kier molecular flexibility index (Phi) is 4.67. The predicted molar refractivity (Wildman–Crippen MR) is 66.1 cm³/mol. The number of carbonyl (C=O) groups excluding carboxylic acids is 1. The highest BCUT2D eigenvalue weighted by molar-refractivity contribution is 7.89. The van der Waals surface area contributed by atoms with Crippen LogP contribution in [0.4, 0.5) is 0 Å². The number of sulfonamides is 1. The number of nitrogens with two attached hydrogens (primary N) is 1. The molecule has 0 fully saturated rings.